The standard InChI is InChI=1S/C18H20N2O/c1-13-7-8-15(9-14(13)2)10-16(21)11-20-12-19-17-5-3-4-6-18(17)20/h3-9,12,16,21H,10-11H2,1-2H3. The van der Waals surface area contributed by atoms with Gasteiger partial charge < -0.3 is 9.67 Å². The van der Waals surface area contributed by atoms with Crippen LogP contribution in [0, 0.1) is 13.8 Å². The van der Waals surface area contributed by atoms with Crippen molar-refractivity contribution in [2.45, 2.75) is 32.9 Å². The van der Waals surface area contributed by atoms with Crippen LogP contribution in [0.25, 0.3) is 11.0 Å². The SMILES string of the molecule is Cc1ccc(CC(O)Cn2cnc3ccccc32)cc1C. The van der Waals surface area contributed by atoms with Crippen LogP contribution in [0.4, 0.5) is 0 Å². The van der Waals surface area contributed by atoms with Crippen LogP contribution in [0.5, 0.6) is 0 Å². The molecule has 0 spiro atoms. The molecule has 3 rings (SSSR count). The van der Waals surface area contributed by atoms with Crippen molar-refractivity contribution in [3.63, 3.8) is 0 Å². The first kappa shape index (κ1) is 13.8. The third-order valence-electron chi connectivity index (χ3n) is 3.98. The lowest BCUT2D eigenvalue weighted by Gasteiger charge is -2.13. The van der Waals surface area contributed by atoms with Gasteiger partial charge >= 0.3 is 0 Å². The average Bonchev–Trinajstić information content (AvgIpc) is 2.86. The zero-order valence-electron chi connectivity index (χ0n) is 12.5. The van der Waals surface area contributed by atoms with Gasteiger partial charge in [0.1, 0.15) is 0 Å². The Balaban J connectivity index is 1.74. The zero-order valence-corrected chi connectivity index (χ0v) is 12.5. The molecule has 0 amide bonds. The van der Waals surface area contributed by atoms with Crippen LogP contribution < -0.4 is 0 Å². The minimum Gasteiger partial charge on any atom is -0.391 e. The third-order valence-corrected chi connectivity index (χ3v) is 3.98. The number of hydrogen-bond acceptors (Lipinski definition) is 2. The Morgan fingerprint density at radius 3 is 2.71 bits per heavy atom. The van der Waals surface area contributed by atoms with Gasteiger partial charge in [-0.05, 0) is 42.7 Å². The quantitative estimate of drug-likeness (QED) is 0.796. The monoisotopic (exact) mass is 280 g/mol. The minimum atomic E-state index is -0.412. The van der Waals surface area contributed by atoms with E-state index >= 15 is 0 Å². The predicted molar refractivity (Wildman–Crippen MR) is 85.4 cm³/mol. The molecule has 1 heterocycles. The summed E-state index contributed by atoms with van der Waals surface area (Å²) in [5, 5.41) is 10.3. The largest absolute Gasteiger partial charge is 0.391 e. The molecule has 2 aromatic carbocycles. The first-order chi connectivity index (χ1) is 10.1. The number of fused-ring (bicyclic) bond motifs is 1. The summed E-state index contributed by atoms with van der Waals surface area (Å²) in [7, 11) is 0. The van der Waals surface area contributed by atoms with Gasteiger partial charge in [-0.1, -0.05) is 30.3 Å². The number of aryl methyl sites for hydroxylation is 2. The Morgan fingerprint density at radius 2 is 1.90 bits per heavy atom. The molecule has 1 unspecified atom stereocenters. The molecule has 21 heavy (non-hydrogen) atoms. The second kappa shape index (κ2) is 5.70. The summed E-state index contributed by atoms with van der Waals surface area (Å²) in [5.74, 6) is 0. The van der Waals surface area contributed by atoms with Crippen LogP contribution in [0.3, 0.4) is 0 Å². The first-order valence-corrected chi connectivity index (χ1v) is 7.27. The number of hydrogen-bond donors (Lipinski definition) is 1. The van der Waals surface area contributed by atoms with Gasteiger partial charge in [-0.15, -0.1) is 0 Å². The highest BCUT2D eigenvalue weighted by atomic mass is 16.3. The van der Waals surface area contributed by atoms with E-state index < -0.39 is 6.10 Å². The maximum absolute atomic E-state index is 10.3. The molecule has 0 saturated heterocycles. The van der Waals surface area contributed by atoms with Crippen LogP contribution in [-0.4, -0.2) is 20.8 Å². The van der Waals surface area contributed by atoms with Crippen molar-refractivity contribution in [3.05, 3.63) is 65.5 Å². The summed E-state index contributed by atoms with van der Waals surface area (Å²) in [5.41, 5.74) is 5.77. The van der Waals surface area contributed by atoms with E-state index in [9.17, 15) is 5.11 Å². The molecule has 0 aliphatic heterocycles. The van der Waals surface area contributed by atoms with Crippen molar-refractivity contribution in [2.75, 3.05) is 0 Å². The number of para-hydroxylation sites is 2. The van der Waals surface area contributed by atoms with Crippen LogP contribution >= 0.6 is 0 Å². The van der Waals surface area contributed by atoms with E-state index in [1.54, 1.807) is 6.33 Å². The fraction of sp³-hybridized carbons (Fsp3) is 0.278. The maximum atomic E-state index is 10.3. The summed E-state index contributed by atoms with van der Waals surface area (Å²) in [4.78, 5) is 4.36. The molecule has 1 aromatic heterocycles. The molecule has 0 aliphatic carbocycles. The molecule has 108 valence electrons. The summed E-state index contributed by atoms with van der Waals surface area (Å²) < 4.78 is 2.01. The van der Waals surface area contributed by atoms with Crippen molar-refractivity contribution in [1.29, 1.82) is 0 Å². The van der Waals surface area contributed by atoms with Gasteiger partial charge in [0.05, 0.1) is 30.0 Å². The van der Waals surface area contributed by atoms with Crippen molar-refractivity contribution in [2.24, 2.45) is 0 Å². The number of nitrogens with zero attached hydrogens (tertiary/aromatic N) is 2. The Kier molecular flexibility index (Phi) is 3.76. The molecule has 3 heteroatoms. The number of benzene rings is 2. The predicted octanol–water partition coefficient (Wildman–Crippen LogP) is 3.26. The van der Waals surface area contributed by atoms with Gasteiger partial charge in [-0.2, -0.15) is 0 Å². The van der Waals surface area contributed by atoms with Crippen molar-refractivity contribution < 1.29 is 5.11 Å². The number of rotatable bonds is 4. The molecule has 1 N–H and O–H groups in total. The molecule has 0 saturated carbocycles. The highest BCUT2D eigenvalue weighted by Gasteiger charge is 2.09. The second-order valence-electron chi connectivity index (χ2n) is 5.66. The van der Waals surface area contributed by atoms with E-state index in [4.69, 9.17) is 0 Å². The first-order valence-electron chi connectivity index (χ1n) is 7.27. The highest BCUT2D eigenvalue weighted by Crippen LogP contribution is 2.15. The average molecular weight is 280 g/mol. The Labute approximate surface area is 124 Å². The fourth-order valence-corrected chi connectivity index (χ4v) is 2.65. The Bertz CT molecular complexity index is 761. The van der Waals surface area contributed by atoms with Gasteiger partial charge in [-0.3, -0.25) is 0 Å². The van der Waals surface area contributed by atoms with E-state index in [1.165, 1.54) is 16.7 Å². The Hall–Kier alpha value is -2.13. The number of aliphatic hydroxyl groups excluding tert-OH is 1. The molecule has 0 fully saturated rings. The smallest absolute Gasteiger partial charge is 0.0959 e. The van der Waals surface area contributed by atoms with E-state index in [0.29, 0.717) is 13.0 Å². The zero-order chi connectivity index (χ0) is 14.8. The lowest BCUT2D eigenvalue weighted by Crippen LogP contribution is -2.18. The molecule has 3 aromatic rings. The van der Waals surface area contributed by atoms with Gasteiger partial charge in [0.15, 0.2) is 0 Å². The maximum Gasteiger partial charge on any atom is 0.0959 e. The number of aromatic nitrogens is 2. The molecule has 0 bridgehead atoms. The lowest BCUT2D eigenvalue weighted by atomic mass is 10.0. The Morgan fingerprint density at radius 1 is 1.10 bits per heavy atom. The molecular formula is C18H20N2O. The molecule has 3 nitrogen and oxygen atoms in total. The van der Waals surface area contributed by atoms with Gasteiger partial charge in [-0.25, -0.2) is 4.98 Å². The van der Waals surface area contributed by atoms with E-state index in [2.05, 4.69) is 37.0 Å². The number of imidazole rings is 1. The van der Waals surface area contributed by atoms with Crippen molar-refractivity contribution in [3.8, 4) is 0 Å². The summed E-state index contributed by atoms with van der Waals surface area (Å²) >= 11 is 0. The minimum absolute atomic E-state index is 0.412. The normalized spacial score (nSPS) is 12.7. The molecule has 0 aliphatic rings. The van der Waals surface area contributed by atoms with Gasteiger partial charge in [0.25, 0.3) is 0 Å². The van der Waals surface area contributed by atoms with Crippen molar-refractivity contribution in [1.82, 2.24) is 9.55 Å². The summed E-state index contributed by atoms with van der Waals surface area (Å²) in [6, 6.07) is 14.4. The van der Waals surface area contributed by atoms with Gasteiger partial charge in [0.2, 0.25) is 0 Å². The van der Waals surface area contributed by atoms with Crippen LogP contribution in [0.15, 0.2) is 48.8 Å². The fourth-order valence-electron chi connectivity index (χ4n) is 2.65. The lowest BCUT2D eigenvalue weighted by molar-refractivity contribution is 0.155. The van der Waals surface area contributed by atoms with Crippen LogP contribution in [0.1, 0.15) is 16.7 Å². The van der Waals surface area contributed by atoms with Crippen LogP contribution in [0.2, 0.25) is 0 Å². The molecule has 1 atom stereocenters. The van der Waals surface area contributed by atoms with E-state index in [-0.39, 0.29) is 0 Å². The van der Waals surface area contributed by atoms with Crippen molar-refractivity contribution >= 4 is 11.0 Å². The van der Waals surface area contributed by atoms with Gasteiger partial charge in [0, 0.05) is 6.42 Å². The summed E-state index contributed by atoms with van der Waals surface area (Å²) in [6.45, 7) is 4.77. The van der Waals surface area contributed by atoms with E-state index in [1.807, 2.05) is 28.8 Å². The molecule has 0 radical (unpaired) electrons. The molecular weight excluding hydrogens is 260 g/mol. The third kappa shape index (κ3) is 2.98. The highest BCUT2D eigenvalue weighted by molar-refractivity contribution is 5.74. The second-order valence-corrected chi connectivity index (χ2v) is 5.66. The van der Waals surface area contributed by atoms with E-state index in [0.717, 1.165) is 11.0 Å². The number of aliphatic hydroxyl groups is 1. The summed E-state index contributed by atoms with van der Waals surface area (Å²) in [6.07, 6.45) is 2.05. The topological polar surface area (TPSA) is 38.0 Å². The van der Waals surface area contributed by atoms with Crippen LogP contribution in [-0.2, 0) is 13.0 Å².